The maximum atomic E-state index is 13.5. The van der Waals surface area contributed by atoms with Gasteiger partial charge in [-0.1, -0.05) is 78.1 Å². The van der Waals surface area contributed by atoms with E-state index in [1.807, 2.05) is 13.0 Å². The number of carbonyl (C=O) groups is 3. The molecule has 7 nitrogen and oxygen atoms in total. The first-order chi connectivity index (χ1) is 21.2. The number of thioether (sulfide) groups is 1. The van der Waals surface area contributed by atoms with Gasteiger partial charge in [0.1, 0.15) is 11.4 Å². The normalized spacial score (nSPS) is 11.8. The van der Waals surface area contributed by atoms with Crippen LogP contribution in [0.25, 0.3) is 6.08 Å². The molecule has 3 amide bonds. The molecule has 0 fully saturated rings. The van der Waals surface area contributed by atoms with Crippen LogP contribution in [0, 0.1) is 0 Å². The van der Waals surface area contributed by atoms with Crippen LogP contribution in [0.1, 0.15) is 29.3 Å². The molecule has 1 unspecified atom stereocenters. The highest BCUT2D eigenvalue weighted by Crippen LogP contribution is 2.31. The number of carbonyl (C=O) groups excluding carboxylic acids is 3. The van der Waals surface area contributed by atoms with Gasteiger partial charge in [0.25, 0.3) is 11.8 Å². The Morgan fingerprint density at radius 3 is 2.27 bits per heavy atom. The molecule has 226 valence electrons. The Labute approximate surface area is 274 Å². The summed E-state index contributed by atoms with van der Waals surface area (Å²) in [7, 11) is 1.52. The van der Waals surface area contributed by atoms with E-state index in [2.05, 4.69) is 16.0 Å². The van der Waals surface area contributed by atoms with Crippen LogP contribution < -0.4 is 20.7 Å². The van der Waals surface area contributed by atoms with Gasteiger partial charge in [-0.15, -0.1) is 11.8 Å². The number of halogens is 3. The van der Waals surface area contributed by atoms with Crippen molar-refractivity contribution >= 4 is 81.7 Å². The van der Waals surface area contributed by atoms with Gasteiger partial charge in [-0.25, -0.2) is 0 Å². The van der Waals surface area contributed by atoms with Crippen molar-refractivity contribution in [2.24, 2.45) is 0 Å². The first-order valence-electron chi connectivity index (χ1n) is 13.4. The zero-order valence-electron chi connectivity index (χ0n) is 23.7. The molecule has 4 rings (SSSR count). The van der Waals surface area contributed by atoms with Crippen molar-refractivity contribution in [2.45, 2.75) is 23.5 Å². The summed E-state index contributed by atoms with van der Waals surface area (Å²) in [6, 6.07) is 25.6. The van der Waals surface area contributed by atoms with E-state index in [4.69, 9.17) is 39.5 Å². The zero-order chi connectivity index (χ0) is 31.6. The summed E-state index contributed by atoms with van der Waals surface area (Å²) in [5, 5.41) is 8.93. The van der Waals surface area contributed by atoms with E-state index in [1.165, 1.54) is 24.9 Å². The largest absolute Gasteiger partial charge is 0.495 e. The number of amides is 3. The minimum absolute atomic E-state index is 0.0370. The average Bonchev–Trinajstić information content (AvgIpc) is 3.02. The summed E-state index contributed by atoms with van der Waals surface area (Å²) in [6.07, 6.45) is 2.02. The van der Waals surface area contributed by atoms with E-state index in [-0.39, 0.29) is 16.6 Å². The van der Waals surface area contributed by atoms with Crippen molar-refractivity contribution in [3.8, 4) is 5.75 Å². The molecule has 0 spiro atoms. The van der Waals surface area contributed by atoms with Crippen LogP contribution in [0.2, 0.25) is 15.1 Å². The fourth-order valence-electron chi connectivity index (χ4n) is 4.03. The lowest BCUT2D eigenvalue weighted by Crippen LogP contribution is -2.30. The molecular weight excluding hydrogens is 641 g/mol. The lowest BCUT2D eigenvalue weighted by Gasteiger charge is -2.16. The molecule has 0 saturated heterocycles. The maximum Gasteiger partial charge on any atom is 0.272 e. The molecule has 0 aromatic heterocycles. The Morgan fingerprint density at radius 2 is 1.57 bits per heavy atom. The lowest BCUT2D eigenvalue weighted by molar-refractivity contribution is -0.116. The topological polar surface area (TPSA) is 96.5 Å². The van der Waals surface area contributed by atoms with Gasteiger partial charge in [0.15, 0.2) is 0 Å². The zero-order valence-corrected chi connectivity index (χ0v) is 26.8. The summed E-state index contributed by atoms with van der Waals surface area (Å²) in [6.45, 7) is 1.91. The van der Waals surface area contributed by atoms with Crippen LogP contribution in [0.15, 0.2) is 102 Å². The molecule has 0 aliphatic heterocycles. The summed E-state index contributed by atoms with van der Waals surface area (Å²) in [5.74, 6) is -0.725. The van der Waals surface area contributed by atoms with Gasteiger partial charge in [-0.2, -0.15) is 0 Å². The molecule has 0 aliphatic carbocycles. The Bertz CT molecular complexity index is 1700. The van der Waals surface area contributed by atoms with Crippen LogP contribution in [0.3, 0.4) is 0 Å². The second-order valence-corrected chi connectivity index (χ2v) is 11.8. The average molecular weight is 669 g/mol. The molecule has 0 aliphatic rings. The number of hydrogen-bond acceptors (Lipinski definition) is 5. The number of ether oxygens (including phenoxy) is 1. The Morgan fingerprint density at radius 1 is 0.841 bits per heavy atom. The third-order valence-electron chi connectivity index (χ3n) is 6.26. The molecule has 44 heavy (non-hydrogen) atoms. The van der Waals surface area contributed by atoms with E-state index in [0.29, 0.717) is 44.7 Å². The van der Waals surface area contributed by atoms with Crippen molar-refractivity contribution in [3.05, 3.63) is 123 Å². The fourth-order valence-corrected chi connectivity index (χ4v) is 5.66. The van der Waals surface area contributed by atoms with Crippen molar-refractivity contribution in [2.75, 3.05) is 17.7 Å². The molecule has 0 heterocycles. The number of rotatable bonds is 11. The van der Waals surface area contributed by atoms with Gasteiger partial charge >= 0.3 is 0 Å². The predicted octanol–water partition coefficient (Wildman–Crippen LogP) is 8.57. The van der Waals surface area contributed by atoms with Crippen LogP contribution >= 0.6 is 46.6 Å². The highest BCUT2D eigenvalue weighted by Gasteiger charge is 2.20. The second-order valence-electron chi connectivity index (χ2n) is 9.36. The predicted molar refractivity (Wildman–Crippen MR) is 180 cm³/mol. The van der Waals surface area contributed by atoms with Gasteiger partial charge in [-0.3, -0.25) is 14.4 Å². The van der Waals surface area contributed by atoms with Gasteiger partial charge in [0, 0.05) is 21.8 Å². The van der Waals surface area contributed by atoms with E-state index in [1.54, 1.807) is 84.9 Å². The monoisotopic (exact) mass is 667 g/mol. The first-order valence-corrected chi connectivity index (χ1v) is 15.4. The minimum atomic E-state index is -0.575. The smallest absolute Gasteiger partial charge is 0.272 e. The van der Waals surface area contributed by atoms with Crippen LogP contribution in [-0.2, 0) is 9.59 Å². The van der Waals surface area contributed by atoms with E-state index >= 15 is 0 Å². The second kappa shape index (κ2) is 15.7. The highest BCUT2D eigenvalue weighted by molar-refractivity contribution is 8.00. The molecule has 0 saturated carbocycles. The summed E-state index contributed by atoms with van der Waals surface area (Å²) in [5.41, 5.74) is 1.82. The Hall–Kier alpha value is -3.95. The number of nitrogens with one attached hydrogen (secondary N) is 3. The fraction of sp³-hybridized carbons (Fsp3) is 0.121. The molecule has 0 radical (unpaired) electrons. The molecule has 3 N–H and O–H groups in total. The van der Waals surface area contributed by atoms with Gasteiger partial charge in [0.05, 0.1) is 27.4 Å². The molecule has 1 atom stereocenters. The van der Waals surface area contributed by atoms with Gasteiger partial charge in [-0.05, 0) is 72.7 Å². The van der Waals surface area contributed by atoms with E-state index in [0.717, 1.165) is 4.90 Å². The van der Waals surface area contributed by atoms with Crippen LogP contribution in [0.4, 0.5) is 11.4 Å². The number of methoxy groups -OCH3 is 1. The standard InChI is InChI=1S/C33H28Cl3N3O4S/c1-3-29(33(42)38-23-15-16-28(43-2)26(35)19-23)44-24-13-8-12-22(18-24)37-32(41)27(17-21-11-7-14-25(34)30(21)36)39-31(40)20-9-5-4-6-10-20/h4-19,29H,3H2,1-2H3,(H,37,41)(H,38,42)(H,39,40)/b27-17+. The maximum absolute atomic E-state index is 13.5. The summed E-state index contributed by atoms with van der Waals surface area (Å²) < 4.78 is 5.17. The number of benzene rings is 4. The van der Waals surface area contributed by atoms with Crippen molar-refractivity contribution < 1.29 is 19.1 Å². The Kier molecular flexibility index (Phi) is 11.7. The van der Waals surface area contributed by atoms with Gasteiger partial charge < -0.3 is 20.7 Å². The Balaban J connectivity index is 1.51. The molecule has 0 bridgehead atoms. The lowest BCUT2D eigenvalue weighted by atomic mass is 10.1. The summed E-state index contributed by atoms with van der Waals surface area (Å²) >= 11 is 20.1. The number of hydrogen-bond donors (Lipinski definition) is 3. The summed E-state index contributed by atoms with van der Waals surface area (Å²) in [4.78, 5) is 40.3. The van der Waals surface area contributed by atoms with Crippen molar-refractivity contribution in [1.82, 2.24) is 5.32 Å². The number of anilines is 2. The van der Waals surface area contributed by atoms with E-state index in [9.17, 15) is 14.4 Å². The van der Waals surface area contributed by atoms with E-state index < -0.39 is 17.1 Å². The van der Waals surface area contributed by atoms with Gasteiger partial charge in [0.2, 0.25) is 5.91 Å². The van der Waals surface area contributed by atoms with Crippen LogP contribution in [-0.4, -0.2) is 30.1 Å². The van der Waals surface area contributed by atoms with Crippen molar-refractivity contribution in [3.63, 3.8) is 0 Å². The molecular formula is C33H28Cl3N3O4S. The third-order valence-corrected chi connectivity index (χ3v) is 8.75. The SMILES string of the molecule is CCC(Sc1cccc(NC(=O)/C(=C\c2cccc(Cl)c2Cl)NC(=O)c2ccccc2)c1)C(=O)Nc1ccc(OC)c(Cl)c1. The quantitative estimate of drug-likeness (QED) is 0.110. The van der Waals surface area contributed by atoms with Crippen LogP contribution in [0.5, 0.6) is 5.75 Å². The van der Waals surface area contributed by atoms with Crippen molar-refractivity contribution in [1.29, 1.82) is 0 Å². The molecule has 11 heteroatoms. The molecule has 4 aromatic rings. The minimum Gasteiger partial charge on any atom is -0.495 e. The highest BCUT2D eigenvalue weighted by atomic mass is 35.5. The molecule has 4 aromatic carbocycles. The third kappa shape index (κ3) is 8.80. The first kappa shape index (κ1) is 33.0.